The van der Waals surface area contributed by atoms with Crippen molar-refractivity contribution in [2.75, 3.05) is 6.61 Å². The van der Waals surface area contributed by atoms with Gasteiger partial charge in [0.1, 0.15) is 5.75 Å². The van der Waals surface area contributed by atoms with Crippen LogP contribution in [0.1, 0.15) is 19.3 Å². The molecular weight excluding hydrogens is 331 g/mol. The Morgan fingerprint density at radius 2 is 1.60 bits per heavy atom. The number of hydrogen-bond acceptors (Lipinski definition) is 1. The standard InChI is InChI=1S/C15H17Cl3OSi/c16-20(17,18)11-5-1-4-10-19-15-9-8-13-6-2-3-7-14(13)12-15/h2-3,6-9,12H,1,4-5,10-11H2. The fourth-order valence-corrected chi connectivity index (χ4v) is 3.91. The Kier molecular flexibility index (Phi) is 6.03. The van der Waals surface area contributed by atoms with Crippen LogP contribution < -0.4 is 4.74 Å². The Morgan fingerprint density at radius 1 is 0.850 bits per heavy atom. The van der Waals surface area contributed by atoms with Gasteiger partial charge in [-0.2, -0.15) is 0 Å². The van der Waals surface area contributed by atoms with Crippen LogP contribution in [0, 0.1) is 0 Å². The summed E-state index contributed by atoms with van der Waals surface area (Å²) in [6.45, 7) is 0.708. The molecule has 0 saturated heterocycles. The van der Waals surface area contributed by atoms with Crippen molar-refractivity contribution in [2.24, 2.45) is 0 Å². The molecule has 0 aromatic heterocycles. The van der Waals surface area contributed by atoms with Gasteiger partial charge in [-0.25, -0.2) is 0 Å². The van der Waals surface area contributed by atoms with Gasteiger partial charge >= 0.3 is 6.00 Å². The van der Waals surface area contributed by atoms with E-state index in [4.69, 9.17) is 38.0 Å². The van der Waals surface area contributed by atoms with Crippen LogP contribution in [0.3, 0.4) is 0 Å². The molecule has 0 bridgehead atoms. The zero-order valence-corrected chi connectivity index (χ0v) is 14.4. The van der Waals surface area contributed by atoms with Crippen molar-refractivity contribution in [1.29, 1.82) is 0 Å². The van der Waals surface area contributed by atoms with Crippen LogP contribution in [0.25, 0.3) is 10.8 Å². The summed E-state index contributed by atoms with van der Waals surface area (Å²) < 4.78 is 5.76. The lowest BCUT2D eigenvalue weighted by molar-refractivity contribution is 0.306. The van der Waals surface area contributed by atoms with Gasteiger partial charge in [0, 0.05) is 0 Å². The van der Waals surface area contributed by atoms with Crippen molar-refractivity contribution >= 4 is 50.0 Å². The van der Waals surface area contributed by atoms with Gasteiger partial charge in [-0.05, 0) is 35.4 Å². The zero-order valence-electron chi connectivity index (χ0n) is 11.1. The van der Waals surface area contributed by atoms with Gasteiger partial charge in [-0.3, -0.25) is 0 Å². The van der Waals surface area contributed by atoms with Crippen LogP contribution in [-0.2, 0) is 0 Å². The van der Waals surface area contributed by atoms with E-state index in [1.165, 1.54) is 10.8 Å². The molecule has 0 fully saturated rings. The van der Waals surface area contributed by atoms with Gasteiger partial charge in [0.25, 0.3) is 0 Å². The fourth-order valence-electron chi connectivity index (χ4n) is 2.05. The molecule has 0 radical (unpaired) electrons. The van der Waals surface area contributed by atoms with Gasteiger partial charge in [-0.15, -0.1) is 33.2 Å². The number of benzene rings is 2. The molecule has 0 unspecified atom stereocenters. The molecule has 0 aliphatic carbocycles. The summed E-state index contributed by atoms with van der Waals surface area (Å²) in [5.41, 5.74) is 0. The smallest absolute Gasteiger partial charge is 0.341 e. The quantitative estimate of drug-likeness (QED) is 0.337. The van der Waals surface area contributed by atoms with Gasteiger partial charge in [0.2, 0.25) is 0 Å². The highest BCUT2D eigenvalue weighted by Gasteiger charge is 2.23. The van der Waals surface area contributed by atoms with Crippen molar-refractivity contribution in [2.45, 2.75) is 25.3 Å². The largest absolute Gasteiger partial charge is 0.494 e. The predicted octanol–water partition coefficient (Wildman–Crippen LogP) is 6.04. The zero-order chi connectivity index (χ0) is 14.4. The molecule has 0 N–H and O–H groups in total. The Hall–Kier alpha value is -0.413. The van der Waals surface area contributed by atoms with Gasteiger partial charge in [0.15, 0.2) is 0 Å². The summed E-state index contributed by atoms with van der Waals surface area (Å²) in [5.74, 6) is 0.916. The molecule has 108 valence electrons. The molecular formula is C15H17Cl3OSi. The molecule has 0 spiro atoms. The maximum Gasteiger partial charge on any atom is 0.341 e. The van der Waals surface area contributed by atoms with Crippen molar-refractivity contribution in [1.82, 2.24) is 0 Å². The number of ether oxygens (including phenoxy) is 1. The van der Waals surface area contributed by atoms with E-state index in [1.54, 1.807) is 0 Å². The van der Waals surface area contributed by atoms with E-state index < -0.39 is 6.00 Å². The van der Waals surface area contributed by atoms with E-state index in [-0.39, 0.29) is 0 Å². The first-order valence-corrected chi connectivity index (χ1v) is 12.0. The minimum absolute atomic E-state index is 0.708. The van der Waals surface area contributed by atoms with E-state index in [2.05, 4.69) is 24.3 Å². The van der Waals surface area contributed by atoms with Crippen LogP contribution in [0.2, 0.25) is 6.04 Å². The van der Waals surface area contributed by atoms with Crippen molar-refractivity contribution in [3.05, 3.63) is 42.5 Å². The summed E-state index contributed by atoms with van der Waals surface area (Å²) in [5, 5.41) is 2.43. The maximum atomic E-state index is 5.84. The molecule has 20 heavy (non-hydrogen) atoms. The number of halogens is 3. The summed E-state index contributed by atoms with van der Waals surface area (Å²) in [6.07, 6.45) is 2.99. The molecule has 2 aromatic carbocycles. The third-order valence-electron chi connectivity index (χ3n) is 3.09. The van der Waals surface area contributed by atoms with Crippen LogP contribution in [-0.4, -0.2) is 12.6 Å². The third kappa shape index (κ3) is 5.53. The van der Waals surface area contributed by atoms with E-state index in [0.717, 1.165) is 31.1 Å². The highest BCUT2D eigenvalue weighted by Crippen LogP contribution is 2.27. The number of unbranched alkanes of at least 4 members (excludes halogenated alkanes) is 2. The lowest BCUT2D eigenvalue weighted by atomic mass is 10.1. The Bertz CT molecular complexity index is 554. The molecule has 2 aromatic rings. The van der Waals surface area contributed by atoms with E-state index >= 15 is 0 Å². The fraction of sp³-hybridized carbons (Fsp3) is 0.333. The highest BCUT2D eigenvalue weighted by molar-refractivity contribution is 7.64. The van der Waals surface area contributed by atoms with Crippen LogP contribution in [0.4, 0.5) is 0 Å². The van der Waals surface area contributed by atoms with E-state index in [9.17, 15) is 0 Å². The van der Waals surface area contributed by atoms with Gasteiger partial charge < -0.3 is 4.74 Å². The second-order valence-electron chi connectivity index (χ2n) is 4.78. The van der Waals surface area contributed by atoms with Crippen LogP contribution in [0.5, 0.6) is 5.75 Å². The Balaban J connectivity index is 1.73. The number of hydrogen-bond donors (Lipinski definition) is 0. The molecule has 0 heterocycles. The second kappa shape index (κ2) is 7.55. The molecule has 2 rings (SSSR count). The molecule has 0 aliphatic rings. The second-order valence-corrected chi connectivity index (χ2v) is 14.1. The minimum Gasteiger partial charge on any atom is -0.494 e. The number of rotatable bonds is 7. The molecule has 0 aliphatic heterocycles. The average Bonchev–Trinajstić information content (AvgIpc) is 2.41. The monoisotopic (exact) mass is 346 g/mol. The average molecular weight is 348 g/mol. The van der Waals surface area contributed by atoms with Crippen LogP contribution >= 0.6 is 33.2 Å². The number of fused-ring (bicyclic) bond motifs is 1. The molecule has 0 atom stereocenters. The third-order valence-corrected chi connectivity index (χ3v) is 5.72. The van der Waals surface area contributed by atoms with Crippen molar-refractivity contribution in [3.63, 3.8) is 0 Å². The summed E-state index contributed by atoms with van der Waals surface area (Å²) in [6, 6.07) is 12.7. The van der Waals surface area contributed by atoms with E-state index in [1.807, 2.05) is 18.2 Å². The normalized spacial score (nSPS) is 11.8. The summed E-state index contributed by atoms with van der Waals surface area (Å²) in [4.78, 5) is 0. The van der Waals surface area contributed by atoms with Crippen molar-refractivity contribution < 1.29 is 4.74 Å². The topological polar surface area (TPSA) is 9.23 Å². The van der Waals surface area contributed by atoms with Gasteiger partial charge in [-0.1, -0.05) is 43.2 Å². The molecule has 1 nitrogen and oxygen atoms in total. The van der Waals surface area contributed by atoms with Crippen molar-refractivity contribution in [3.8, 4) is 5.75 Å². The maximum absolute atomic E-state index is 5.84. The first-order valence-electron chi connectivity index (χ1n) is 6.73. The predicted molar refractivity (Wildman–Crippen MR) is 91.4 cm³/mol. The SMILES string of the molecule is Cl[Si](Cl)(Cl)CCCCCOc1ccc2ccccc2c1. The molecule has 5 heteroatoms. The summed E-state index contributed by atoms with van der Waals surface area (Å²) in [7, 11) is 0. The first kappa shape index (κ1) is 16.0. The van der Waals surface area contributed by atoms with Crippen LogP contribution in [0.15, 0.2) is 42.5 Å². The Morgan fingerprint density at radius 3 is 2.35 bits per heavy atom. The first-order chi connectivity index (χ1) is 9.54. The summed E-state index contributed by atoms with van der Waals surface area (Å²) >= 11 is 17.5. The van der Waals surface area contributed by atoms with E-state index in [0.29, 0.717) is 6.61 Å². The van der Waals surface area contributed by atoms with Gasteiger partial charge in [0.05, 0.1) is 6.61 Å². The highest BCUT2D eigenvalue weighted by atomic mass is 35.8. The molecule has 0 amide bonds. The lowest BCUT2D eigenvalue weighted by Crippen LogP contribution is -2.08. The minimum atomic E-state index is -2.44. The molecule has 0 saturated carbocycles. The lowest BCUT2D eigenvalue weighted by Gasteiger charge is -2.09. The Labute approximate surface area is 134 Å².